The molecule has 72 valence electrons. The lowest BCUT2D eigenvalue weighted by molar-refractivity contribution is 0.0207. The third kappa shape index (κ3) is 1.09. The van der Waals surface area contributed by atoms with E-state index in [0.717, 1.165) is 0 Å². The number of aliphatic hydroxyl groups excluding tert-OH is 1. The number of nitrogens with zero attached hydrogens (tertiary/aromatic N) is 1. The van der Waals surface area contributed by atoms with Crippen LogP contribution in [-0.2, 0) is 0 Å². The van der Waals surface area contributed by atoms with Crippen molar-refractivity contribution in [2.45, 2.75) is 46.9 Å². The highest BCUT2D eigenvalue weighted by atomic mass is 16.3. The van der Waals surface area contributed by atoms with E-state index in [4.69, 9.17) is 0 Å². The van der Waals surface area contributed by atoms with Crippen LogP contribution < -0.4 is 0 Å². The lowest BCUT2D eigenvalue weighted by atomic mass is 10.0. The summed E-state index contributed by atoms with van der Waals surface area (Å²) in [6.07, 6.45) is -0.337. The second-order valence-corrected chi connectivity index (χ2v) is 5.14. The second-order valence-electron chi connectivity index (χ2n) is 5.14. The summed E-state index contributed by atoms with van der Waals surface area (Å²) in [5.41, 5.74) is 0.664. The van der Waals surface area contributed by atoms with Crippen LogP contribution in [0.15, 0.2) is 0 Å². The summed E-state index contributed by atoms with van der Waals surface area (Å²) in [4.78, 5) is 2.06. The van der Waals surface area contributed by atoms with E-state index in [9.17, 15) is 5.11 Å². The van der Waals surface area contributed by atoms with Crippen LogP contribution in [0.3, 0.4) is 0 Å². The van der Waals surface area contributed by atoms with Gasteiger partial charge in [-0.05, 0) is 24.8 Å². The van der Waals surface area contributed by atoms with Crippen LogP contribution in [0, 0.1) is 10.8 Å². The van der Waals surface area contributed by atoms with E-state index in [1.54, 1.807) is 0 Å². The largest absolute Gasteiger partial charge is 0.379 e. The predicted molar refractivity (Wildman–Crippen MR) is 50.8 cm³/mol. The van der Waals surface area contributed by atoms with Gasteiger partial charge in [0.1, 0.15) is 6.23 Å². The maximum atomic E-state index is 9.42. The van der Waals surface area contributed by atoms with Crippen LogP contribution in [-0.4, -0.2) is 29.3 Å². The Kier molecular flexibility index (Phi) is 2.05. The molecule has 0 aliphatic heterocycles. The van der Waals surface area contributed by atoms with E-state index in [0.29, 0.717) is 16.9 Å². The summed E-state index contributed by atoms with van der Waals surface area (Å²) in [5.74, 6) is 0. The molecule has 0 saturated heterocycles. The van der Waals surface area contributed by atoms with Crippen LogP contribution >= 0.6 is 0 Å². The molecular formula is C10H21NO. The Morgan fingerprint density at radius 3 is 1.58 bits per heavy atom. The molecule has 2 heteroatoms. The smallest absolute Gasteiger partial charge is 0.104 e. The molecule has 0 aromatic heterocycles. The fourth-order valence-electron chi connectivity index (χ4n) is 2.40. The molecule has 12 heavy (non-hydrogen) atoms. The molecule has 2 nitrogen and oxygen atoms in total. The molecule has 0 aromatic carbocycles. The summed E-state index contributed by atoms with van der Waals surface area (Å²) in [7, 11) is 1.99. The first-order chi connectivity index (χ1) is 5.23. The number of aliphatic hydroxyl groups is 1. The topological polar surface area (TPSA) is 23.5 Å². The fraction of sp³-hybridized carbons (Fsp3) is 1.00. The average molecular weight is 171 g/mol. The molecule has 0 spiro atoms. The van der Waals surface area contributed by atoms with Crippen molar-refractivity contribution in [2.75, 3.05) is 7.05 Å². The first-order valence-corrected chi connectivity index (χ1v) is 4.63. The van der Waals surface area contributed by atoms with Gasteiger partial charge in [0.2, 0.25) is 0 Å². The molecule has 1 saturated carbocycles. The van der Waals surface area contributed by atoms with Crippen molar-refractivity contribution >= 4 is 0 Å². The van der Waals surface area contributed by atoms with Gasteiger partial charge < -0.3 is 5.11 Å². The van der Waals surface area contributed by atoms with Crippen molar-refractivity contribution in [2.24, 2.45) is 10.8 Å². The normalized spacial score (nSPS) is 29.0. The summed E-state index contributed by atoms with van der Waals surface area (Å²) in [6, 6.07) is 0.505. The van der Waals surface area contributed by atoms with Crippen LogP contribution in [0.25, 0.3) is 0 Å². The van der Waals surface area contributed by atoms with E-state index in [1.807, 2.05) is 14.0 Å². The van der Waals surface area contributed by atoms with Gasteiger partial charge in [-0.3, -0.25) is 4.90 Å². The van der Waals surface area contributed by atoms with Crippen LogP contribution in [0.5, 0.6) is 0 Å². The van der Waals surface area contributed by atoms with Gasteiger partial charge in [-0.2, -0.15) is 0 Å². The molecule has 1 rings (SSSR count). The van der Waals surface area contributed by atoms with Crippen molar-refractivity contribution in [1.82, 2.24) is 4.90 Å². The number of rotatable bonds is 2. The Labute approximate surface area is 75.6 Å². The average Bonchev–Trinajstić information content (AvgIpc) is 2.23. The van der Waals surface area contributed by atoms with Gasteiger partial charge in [-0.1, -0.05) is 27.7 Å². The molecule has 0 bridgehead atoms. The minimum atomic E-state index is -0.337. The lowest BCUT2D eigenvalue weighted by Crippen LogP contribution is -2.34. The van der Waals surface area contributed by atoms with E-state index >= 15 is 0 Å². The molecule has 1 unspecified atom stereocenters. The monoisotopic (exact) mass is 171 g/mol. The van der Waals surface area contributed by atoms with Crippen molar-refractivity contribution in [3.8, 4) is 0 Å². The van der Waals surface area contributed by atoms with Gasteiger partial charge in [0, 0.05) is 6.04 Å². The molecule has 1 aliphatic carbocycles. The SMILES string of the molecule is CC(O)N(C)C1C(C)(C)C1(C)C. The summed E-state index contributed by atoms with van der Waals surface area (Å²) < 4.78 is 0. The zero-order valence-corrected chi connectivity index (χ0v) is 9.05. The Morgan fingerprint density at radius 2 is 1.50 bits per heavy atom. The second kappa shape index (κ2) is 2.46. The molecule has 0 radical (unpaired) electrons. The Hall–Kier alpha value is -0.0800. The first kappa shape index (κ1) is 10.0. The van der Waals surface area contributed by atoms with Crippen molar-refractivity contribution in [3.63, 3.8) is 0 Å². The molecule has 0 aromatic rings. The zero-order valence-electron chi connectivity index (χ0n) is 9.05. The molecule has 1 N–H and O–H groups in total. The highest BCUT2D eigenvalue weighted by Gasteiger charge is 2.66. The van der Waals surface area contributed by atoms with E-state index in [-0.39, 0.29) is 6.23 Å². The minimum Gasteiger partial charge on any atom is -0.379 e. The van der Waals surface area contributed by atoms with Crippen LogP contribution in [0.4, 0.5) is 0 Å². The van der Waals surface area contributed by atoms with Gasteiger partial charge in [0.05, 0.1) is 0 Å². The molecule has 1 fully saturated rings. The van der Waals surface area contributed by atoms with Gasteiger partial charge in [0.15, 0.2) is 0 Å². The third-order valence-corrected chi connectivity index (χ3v) is 3.94. The minimum absolute atomic E-state index is 0.332. The lowest BCUT2D eigenvalue weighted by Gasteiger charge is -2.22. The van der Waals surface area contributed by atoms with E-state index < -0.39 is 0 Å². The number of hydrogen-bond donors (Lipinski definition) is 1. The Bertz CT molecular complexity index is 170. The standard InChI is InChI=1S/C10H21NO/c1-7(12)11(6)8-9(2,3)10(8,4)5/h7-8,12H,1-6H3. The fourth-order valence-corrected chi connectivity index (χ4v) is 2.40. The van der Waals surface area contributed by atoms with Gasteiger partial charge >= 0.3 is 0 Å². The summed E-state index contributed by atoms with van der Waals surface area (Å²) in [5, 5.41) is 9.42. The van der Waals surface area contributed by atoms with Gasteiger partial charge in [-0.15, -0.1) is 0 Å². The van der Waals surface area contributed by atoms with Gasteiger partial charge in [-0.25, -0.2) is 0 Å². The first-order valence-electron chi connectivity index (χ1n) is 4.63. The highest BCUT2D eigenvalue weighted by molar-refractivity contribution is 5.18. The molecule has 0 amide bonds. The van der Waals surface area contributed by atoms with Crippen molar-refractivity contribution < 1.29 is 5.11 Å². The predicted octanol–water partition coefficient (Wildman–Crippen LogP) is 1.69. The molecule has 0 heterocycles. The maximum absolute atomic E-state index is 9.42. The Morgan fingerprint density at radius 1 is 1.17 bits per heavy atom. The van der Waals surface area contributed by atoms with Crippen LogP contribution in [0.2, 0.25) is 0 Å². The van der Waals surface area contributed by atoms with Crippen molar-refractivity contribution in [1.29, 1.82) is 0 Å². The summed E-state index contributed by atoms with van der Waals surface area (Å²) in [6.45, 7) is 10.9. The third-order valence-electron chi connectivity index (χ3n) is 3.94. The maximum Gasteiger partial charge on any atom is 0.104 e. The van der Waals surface area contributed by atoms with E-state index in [2.05, 4.69) is 32.6 Å². The van der Waals surface area contributed by atoms with Gasteiger partial charge in [0.25, 0.3) is 0 Å². The Balaban J connectivity index is 2.70. The summed E-state index contributed by atoms with van der Waals surface area (Å²) >= 11 is 0. The quantitative estimate of drug-likeness (QED) is 0.639. The molecular weight excluding hydrogens is 150 g/mol. The van der Waals surface area contributed by atoms with Crippen LogP contribution in [0.1, 0.15) is 34.6 Å². The zero-order chi connectivity index (χ0) is 9.73. The molecule has 1 atom stereocenters. The number of hydrogen-bond acceptors (Lipinski definition) is 2. The van der Waals surface area contributed by atoms with Crippen molar-refractivity contribution in [3.05, 3.63) is 0 Å². The van der Waals surface area contributed by atoms with E-state index in [1.165, 1.54) is 0 Å². The highest BCUT2D eigenvalue weighted by Crippen LogP contribution is 2.65. The molecule has 1 aliphatic rings.